The Kier molecular flexibility index (Phi) is 4.78. The third kappa shape index (κ3) is 4.01. The third-order valence-electron chi connectivity index (χ3n) is 2.01. The Morgan fingerprint density at radius 3 is 2.65 bits per heavy atom. The highest BCUT2D eigenvalue weighted by molar-refractivity contribution is 5.75. The molecule has 0 unspecified atom stereocenters. The van der Waals surface area contributed by atoms with Gasteiger partial charge in [-0.1, -0.05) is 5.22 Å². The fraction of sp³-hybridized carbons (Fsp3) is 0.273. The molecule has 1 aromatic carbocycles. The molecule has 0 aliphatic carbocycles. The molecule has 1 rings (SSSR count). The molecular formula is C11H13N5O. The molecule has 0 spiro atoms. The van der Waals surface area contributed by atoms with Crippen molar-refractivity contribution < 1.29 is 4.79 Å². The van der Waals surface area contributed by atoms with Gasteiger partial charge in [-0.25, -0.2) is 5.01 Å². The van der Waals surface area contributed by atoms with Crippen molar-refractivity contribution in [1.82, 2.24) is 5.01 Å². The number of carbonyl (C=O) groups excluding carboxylic acids is 1. The van der Waals surface area contributed by atoms with Gasteiger partial charge in [-0.2, -0.15) is 5.26 Å². The largest absolute Gasteiger partial charge is 0.330 e. The van der Waals surface area contributed by atoms with Crippen LogP contribution in [0.2, 0.25) is 0 Å². The van der Waals surface area contributed by atoms with Crippen LogP contribution in [0.1, 0.15) is 12.0 Å². The second-order valence-electron chi connectivity index (χ2n) is 3.30. The minimum Gasteiger partial charge on any atom is -0.330 e. The molecule has 6 nitrogen and oxygen atoms in total. The highest BCUT2D eigenvalue weighted by atomic mass is 16.2. The van der Waals surface area contributed by atoms with Crippen LogP contribution in [0.4, 0.5) is 5.69 Å². The quantitative estimate of drug-likeness (QED) is 0.626. The molecule has 0 aliphatic heterocycles. The normalized spacial score (nSPS) is 10.2. The number of nitriles is 1. The van der Waals surface area contributed by atoms with Crippen molar-refractivity contribution in [3.63, 3.8) is 0 Å². The lowest BCUT2D eigenvalue weighted by atomic mass is 10.2. The van der Waals surface area contributed by atoms with Gasteiger partial charge in [0, 0.05) is 20.0 Å². The Hall–Kier alpha value is -2.26. The van der Waals surface area contributed by atoms with E-state index < -0.39 is 0 Å². The fourth-order valence-electron chi connectivity index (χ4n) is 1.06. The van der Waals surface area contributed by atoms with Crippen LogP contribution in [0, 0.1) is 11.3 Å². The lowest BCUT2D eigenvalue weighted by molar-refractivity contribution is -0.130. The van der Waals surface area contributed by atoms with E-state index in [9.17, 15) is 4.79 Å². The van der Waals surface area contributed by atoms with Crippen molar-refractivity contribution in [2.45, 2.75) is 6.42 Å². The summed E-state index contributed by atoms with van der Waals surface area (Å²) in [6, 6.07) is 8.59. The minimum absolute atomic E-state index is 0.190. The summed E-state index contributed by atoms with van der Waals surface area (Å²) in [4.78, 5) is 11.3. The van der Waals surface area contributed by atoms with Gasteiger partial charge in [0.1, 0.15) is 0 Å². The molecule has 6 heteroatoms. The molecule has 17 heavy (non-hydrogen) atoms. The van der Waals surface area contributed by atoms with Gasteiger partial charge in [0.15, 0.2) is 0 Å². The van der Waals surface area contributed by atoms with Crippen molar-refractivity contribution in [1.29, 1.82) is 5.26 Å². The Balaban J connectivity index is 2.64. The molecule has 0 radical (unpaired) electrons. The standard InChI is InChI=1S/C11H13N5O/c1-16(11(17)6-7-12)15-14-10-4-2-9(8-13)3-5-10/h2-5H,6-7,12H2,1H3. The summed E-state index contributed by atoms with van der Waals surface area (Å²) >= 11 is 0. The minimum atomic E-state index is -0.190. The molecule has 1 amide bonds. The van der Waals surface area contributed by atoms with Gasteiger partial charge in [0.2, 0.25) is 5.91 Å². The molecule has 0 saturated heterocycles. The second-order valence-corrected chi connectivity index (χ2v) is 3.30. The van der Waals surface area contributed by atoms with Crippen LogP contribution in [-0.4, -0.2) is 24.5 Å². The number of carbonyl (C=O) groups is 1. The zero-order valence-electron chi connectivity index (χ0n) is 9.50. The average molecular weight is 231 g/mol. The van der Waals surface area contributed by atoms with Crippen LogP contribution in [0.25, 0.3) is 0 Å². The van der Waals surface area contributed by atoms with E-state index in [2.05, 4.69) is 10.3 Å². The third-order valence-corrected chi connectivity index (χ3v) is 2.01. The summed E-state index contributed by atoms with van der Waals surface area (Å²) in [5, 5.41) is 17.4. The molecule has 88 valence electrons. The predicted octanol–water partition coefficient (Wildman–Crippen LogP) is 1.36. The van der Waals surface area contributed by atoms with Crippen molar-refractivity contribution in [3.05, 3.63) is 29.8 Å². The highest BCUT2D eigenvalue weighted by Crippen LogP contribution is 2.13. The Labute approximate surface area is 99.3 Å². The average Bonchev–Trinajstić information content (AvgIpc) is 2.36. The topological polar surface area (TPSA) is 94.8 Å². The molecule has 0 bridgehead atoms. The van der Waals surface area contributed by atoms with E-state index in [1.54, 1.807) is 24.3 Å². The molecule has 1 aromatic rings. The number of nitrogens with zero attached hydrogens (tertiary/aromatic N) is 4. The monoisotopic (exact) mass is 231 g/mol. The van der Waals surface area contributed by atoms with Crippen LogP contribution < -0.4 is 5.73 Å². The Morgan fingerprint density at radius 1 is 1.47 bits per heavy atom. The smallest absolute Gasteiger partial charge is 0.245 e. The summed E-state index contributed by atoms with van der Waals surface area (Å²) < 4.78 is 0. The number of nitrogens with two attached hydrogens (primary N) is 1. The Morgan fingerprint density at radius 2 is 2.12 bits per heavy atom. The van der Waals surface area contributed by atoms with E-state index in [4.69, 9.17) is 11.0 Å². The van der Waals surface area contributed by atoms with E-state index in [1.165, 1.54) is 7.05 Å². The van der Waals surface area contributed by atoms with Crippen LogP contribution in [0.3, 0.4) is 0 Å². The van der Waals surface area contributed by atoms with Gasteiger partial charge in [0.05, 0.1) is 17.3 Å². The van der Waals surface area contributed by atoms with E-state index >= 15 is 0 Å². The maximum atomic E-state index is 11.3. The van der Waals surface area contributed by atoms with Crippen LogP contribution in [0.5, 0.6) is 0 Å². The molecule has 0 heterocycles. The zero-order chi connectivity index (χ0) is 12.7. The van der Waals surface area contributed by atoms with E-state index in [0.29, 0.717) is 11.3 Å². The Bertz CT molecular complexity index is 446. The number of amides is 1. The van der Waals surface area contributed by atoms with Gasteiger partial charge in [-0.05, 0) is 24.3 Å². The van der Waals surface area contributed by atoms with Crippen molar-refractivity contribution in [2.24, 2.45) is 16.1 Å². The van der Waals surface area contributed by atoms with Crippen molar-refractivity contribution in [2.75, 3.05) is 13.6 Å². The predicted molar refractivity (Wildman–Crippen MR) is 62.1 cm³/mol. The SMILES string of the molecule is CN(N=Nc1ccc(C#N)cc1)C(=O)CCN. The molecule has 0 saturated carbocycles. The first kappa shape index (κ1) is 12.8. The summed E-state index contributed by atoms with van der Waals surface area (Å²) in [6.45, 7) is 0.287. The van der Waals surface area contributed by atoms with Gasteiger partial charge in [-0.15, -0.1) is 5.11 Å². The molecule has 2 N–H and O–H groups in total. The van der Waals surface area contributed by atoms with E-state index in [-0.39, 0.29) is 18.9 Å². The lowest BCUT2D eigenvalue weighted by Crippen LogP contribution is -2.23. The van der Waals surface area contributed by atoms with E-state index in [1.807, 2.05) is 6.07 Å². The molecule has 0 atom stereocenters. The van der Waals surface area contributed by atoms with Gasteiger partial charge in [0.25, 0.3) is 0 Å². The van der Waals surface area contributed by atoms with E-state index in [0.717, 1.165) is 5.01 Å². The maximum Gasteiger partial charge on any atom is 0.245 e. The van der Waals surface area contributed by atoms with Gasteiger partial charge < -0.3 is 5.73 Å². The van der Waals surface area contributed by atoms with Crippen LogP contribution in [-0.2, 0) is 4.79 Å². The van der Waals surface area contributed by atoms with Gasteiger partial charge >= 0.3 is 0 Å². The molecular weight excluding hydrogens is 218 g/mol. The fourth-order valence-corrected chi connectivity index (χ4v) is 1.06. The second kappa shape index (κ2) is 6.35. The lowest BCUT2D eigenvalue weighted by Gasteiger charge is -2.07. The van der Waals surface area contributed by atoms with Crippen molar-refractivity contribution >= 4 is 11.6 Å². The van der Waals surface area contributed by atoms with Gasteiger partial charge in [-0.3, -0.25) is 4.79 Å². The first-order valence-electron chi connectivity index (χ1n) is 5.06. The number of hydrogen-bond acceptors (Lipinski definition) is 5. The molecule has 0 aromatic heterocycles. The molecule has 0 aliphatic rings. The number of rotatable bonds is 4. The van der Waals surface area contributed by atoms with Crippen LogP contribution >= 0.6 is 0 Å². The number of hydrogen-bond donors (Lipinski definition) is 1. The maximum absolute atomic E-state index is 11.3. The summed E-state index contributed by atoms with van der Waals surface area (Å²) in [6.07, 6.45) is 0.239. The summed E-state index contributed by atoms with van der Waals surface area (Å²) in [7, 11) is 1.52. The summed E-state index contributed by atoms with van der Waals surface area (Å²) in [5.41, 5.74) is 6.39. The van der Waals surface area contributed by atoms with Crippen molar-refractivity contribution in [3.8, 4) is 6.07 Å². The first-order valence-corrected chi connectivity index (χ1v) is 5.06. The zero-order valence-corrected chi connectivity index (χ0v) is 9.50. The summed E-state index contributed by atoms with van der Waals surface area (Å²) in [5.74, 6) is -0.190. The van der Waals surface area contributed by atoms with Crippen LogP contribution in [0.15, 0.2) is 34.6 Å². The first-order chi connectivity index (χ1) is 8.17. The highest BCUT2D eigenvalue weighted by Gasteiger charge is 2.05. The molecule has 0 fully saturated rings. The number of benzene rings is 1.